The average Bonchev–Trinajstić information content (AvgIpc) is 3.01. The lowest BCUT2D eigenvalue weighted by molar-refractivity contribution is 0.529. The van der Waals surface area contributed by atoms with E-state index < -0.39 is 0 Å². The molecule has 1 atom stereocenters. The summed E-state index contributed by atoms with van der Waals surface area (Å²) < 4.78 is 3.14. The first-order chi connectivity index (χ1) is 9.24. The van der Waals surface area contributed by atoms with Crippen LogP contribution in [0.15, 0.2) is 36.5 Å². The first-order valence-corrected chi connectivity index (χ1v) is 7.11. The van der Waals surface area contributed by atoms with Crippen molar-refractivity contribution in [3.8, 4) is 0 Å². The Kier molecular flexibility index (Phi) is 3.31. The highest BCUT2D eigenvalue weighted by molar-refractivity contribution is 7.18. The summed E-state index contributed by atoms with van der Waals surface area (Å²) in [5.41, 5.74) is 2.26. The van der Waals surface area contributed by atoms with Gasteiger partial charge in [-0.15, -0.1) is 11.3 Å². The molecule has 4 nitrogen and oxygen atoms in total. The second-order valence-electron chi connectivity index (χ2n) is 4.56. The molecule has 0 bridgehead atoms. The van der Waals surface area contributed by atoms with Crippen LogP contribution in [0.2, 0.25) is 0 Å². The van der Waals surface area contributed by atoms with Crippen LogP contribution in [0.3, 0.4) is 0 Å². The van der Waals surface area contributed by atoms with Gasteiger partial charge in [0.05, 0.1) is 15.9 Å². The predicted octanol–water partition coefficient (Wildman–Crippen LogP) is 2.88. The summed E-state index contributed by atoms with van der Waals surface area (Å²) in [6, 6.07) is 10.5. The maximum atomic E-state index is 4.62. The smallest absolute Gasteiger partial charge is 0.108 e. The molecule has 0 aliphatic carbocycles. The molecular formula is C14H16N4S. The molecule has 1 N–H and O–H groups in total. The predicted molar refractivity (Wildman–Crippen MR) is 78.1 cm³/mol. The van der Waals surface area contributed by atoms with Crippen molar-refractivity contribution in [1.29, 1.82) is 0 Å². The third-order valence-corrected chi connectivity index (χ3v) is 4.24. The van der Waals surface area contributed by atoms with Crippen LogP contribution in [-0.4, -0.2) is 14.8 Å². The van der Waals surface area contributed by atoms with Gasteiger partial charge in [-0.05, 0) is 25.1 Å². The van der Waals surface area contributed by atoms with Gasteiger partial charge < -0.3 is 5.32 Å². The SMILES string of the molecule is CC(NCc1nc2ccccc2s1)c1ccnn1C. The topological polar surface area (TPSA) is 42.7 Å². The Morgan fingerprint density at radius 1 is 1.32 bits per heavy atom. The summed E-state index contributed by atoms with van der Waals surface area (Å²) in [5, 5.41) is 8.80. The van der Waals surface area contributed by atoms with Gasteiger partial charge in [-0.3, -0.25) is 4.68 Å². The molecule has 0 spiro atoms. The number of nitrogens with zero attached hydrogens (tertiary/aromatic N) is 3. The lowest BCUT2D eigenvalue weighted by atomic mass is 10.2. The standard InChI is InChI=1S/C14H16N4S/c1-10(12-7-8-16-18(12)2)15-9-14-17-11-5-3-4-6-13(11)19-14/h3-8,10,15H,9H2,1-2H3. The number of thiazole rings is 1. The van der Waals surface area contributed by atoms with E-state index in [4.69, 9.17) is 0 Å². The quantitative estimate of drug-likeness (QED) is 0.794. The fourth-order valence-electron chi connectivity index (χ4n) is 2.15. The number of hydrogen-bond acceptors (Lipinski definition) is 4. The van der Waals surface area contributed by atoms with Gasteiger partial charge in [0.15, 0.2) is 0 Å². The first-order valence-electron chi connectivity index (χ1n) is 6.30. The molecule has 0 saturated carbocycles. The molecule has 2 heterocycles. The van der Waals surface area contributed by atoms with E-state index in [2.05, 4.69) is 40.5 Å². The van der Waals surface area contributed by atoms with Crippen molar-refractivity contribution in [3.05, 3.63) is 47.2 Å². The molecule has 0 fully saturated rings. The number of fused-ring (bicyclic) bond motifs is 1. The fraction of sp³-hybridized carbons (Fsp3) is 0.286. The summed E-state index contributed by atoms with van der Waals surface area (Å²) in [6.45, 7) is 2.93. The summed E-state index contributed by atoms with van der Waals surface area (Å²) in [5.74, 6) is 0. The first kappa shape index (κ1) is 12.3. The average molecular weight is 272 g/mol. The van der Waals surface area contributed by atoms with E-state index in [1.165, 1.54) is 10.4 Å². The van der Waals surface area contributed by atoms with Gasteiger partial charge in [0.1, 0.15) is 5.01 Å². The Balaban J connectivity index is 1.70. The largest absolute Gasteiger partial charge is 0.302 e. The van der Waals surface area contributed by atoms with E-state index in [9.17, 15) is 0 Å². The Morgan fingerprint density at radius 3 is 2.89 bits per heavy atom. The molecule has 0 saturated heterocycles. The van der Waals surface area contributed by atoms with Crippen LogP contribution in [0.1, 0.15) is 23.7 Å². The number of nitrogens with one attached hydrogen (secondary N) is 1. The molecule has 1 aromatic carbocycles. The van der Waals surface area contributed by atoms with Gasteiger partial charge in [0.2, 0.25) is 0 Å². The minimum atomic E-state index is 0.263. The van der Waals surface area contributed by atoms with E-state index in [0.29, 0.717) is 0 Å². The Hall–Kier alpha value is -1.72. The number of benzene rings is 1. The summed E-state index contributed by atoms with van der Waals surface area (Å²) in [7, 11) is 1.96. The van der Waals surface area contributed by atoms with Crippen molar-refractivity contribution < 1.29 is 0 Å². The van der Waals surface area contributed by atoms with Gasteiger partial charge in [-0.2, -0.15) is 5.10 Å². The van der Waals surface area contributed by atoms with Crippen LogP contribution in [0.4, 0.5) is 0 Å². The highest BCUT2D eigenvalue weighted by Gasteiger charge is 2.10. The minimum Gasteiger partial charge on any atom is -0.302 e. The van der Waals surface area contributed by atoms with Gasteiger partial charge in [0, 0.05) is 25.8 Å². The van der Waals surface area contributed by atoms with Gasteiger partial charge in [-0.25, -0.2) is 4.98 Å². The minimum absolute atomic E-state index is 0.263. The normalized spacial score (nSPS) is 12.9. The molecule has 0 amide bonds. The number of aryl methyl sites for hydroxylation is 1. The highest BCUT2D eigenvalue weighted by Crippen LogP contribution is 2.22. The van der Waals surface area contributed by atoms with Crippen LogP contribution < -0.4 is 5.32 Å². The fourth-order valence-corrected chi connectivity index (χ4v) is 3.07. The van der Waals surface area contributed by atoms with E-state index >= 15 is 0 Å². The number of para-hydroxylation sites is 1. The Bertz CT molecular complexity index is 652. The van der Waals surface area contributed by atoms with E-state index in [1.54, 1.807) is 11.3 Å². The van der Waals surface area contributed by atoms with Crippen molar-refractivity contribution in [1.82, 2.24) is 20.1 Å². The zero-order valence-electron chi connectivity index (χ0n) is 11.0. The van der Waals surface area contributed by atoms with Crippen LogP contribution in [0.5, 0.6) is 0 Å². The van der Waals surface area contributed by atoms with E-state index in [1.807, 2.05) is 30.1 Å². The Labute approximate surface area is 116 Å². The molecule has 0 aliphatic heterocycles. The molecule has 0 aliphatic rings. The zero-order valence-corrected chi connectivity index (χ0v) is 11.8. The van der Waals surface area contributed by atoms with E-state index in [-0.39, 0.29) is 6.04 Å². The Morgan fingerprint density at radius 2 is 2.16 bits per heavy atom. The number of hydrogen-bond donors (Lipinski definition) is 1. The van der Waals surface area contributed by atoms with Gasteiger partial charge in [0.25, 0.3) is 0 Å². The molecule has 1 unspecified atom stereocenters. The highest BCUT2D eigenvalue weighted by atomic mass is 32.1. The molecule has 2 aromatic heterocycles. The second kappa shape index (κ2) is 5.11. The monoisotopic (exact) mass is 272 g/mol. The van der Waals surface area contributed by atoms with Crippen LogP contribution >= 0.6 is 11.3 Å². The third-order valence-electron chi connectivity index (χ3n) is 3.20. The number of aromatic nitrogens is 3. The maximum Gasteiger partial charge on any atom is 0.108 e. The molecular weight excluding hydrogens is 256 g/mol. The zero-order chi connectivity index (χ0) is 13.2. The van der Waals surface area contributed by atoms with Crippen molar-refractivity contribution in [2.45, 2.75) is 19.5 Å². The lowest BCUT2D eigenvalue weighted by Crippen LogP contribution is -2.20. The molecule has 3 rings (SSSR count). The van der Waals surface area contributed by atoms with Crippen molar-refractivity contribution >= 4 is 21.6 Å². The van der Waals surface area contributed by atoms with E-state index in [0.717, 1.165) is 17.1 Å². The molecule has 0 radical (unpaired) electrons. The van der Waals surface area contributed by atoms with Crippen molar-refractivity contribution in [2.24, 2.45) is 7.05 Å². The lowest BCUT2D eigenvalue weighted by Gasteiger charge is -2.12. The molecule has 3 aromatic rings. The van der Waals surface area contributed by atoms with Crippen molar-refractivity contribution in [3.63, 3.8) is 0 Å². The second-order valence-corrected chi connectivity index (χ2v) is 5.67. The summed E-state index contributed by atoms with van der Waals surface area (Å²) in [4.78, 5) is 4.62. The van der Waals surface area contributed by atoms with Crippen molar-refractivity contribution in [2.75, 3.05) is 0 Å². The van der Waals surface area contributed by atoms with Crippen LogP contribution in [-0.2, 0) is 13.6 Å². The van der Waals surface area contributed by atoms with Gasteiger partial charge in [-0.1, -0.05) is 12.1 Å². The third kappa shape index (κ3) is 2.52. The molecule has 5 heteroatoms. The maximum absolute atomic E-state index is 4.62. The molecule has 98 valence electrons. The van der Waals surface area contributed by atoms with Crippen LogP contribution in [0, 0.1) is 0 Å². The molecule has 19 heavy (non-hydrogen) atoms. The summed E-state index contributed by atoms with van der Waals surface area (Å²) >= 11 is 1.74. The van der Waals surface area contributed by atoms with Crippen LogP contribution in [0.25, 0.3) is 10.2 Å². The number of rotatable bonds is 4. The van der Waals surface area contributed by atoms with Gasteiger partial charge >= 0.3 is 0 Å². The summed E-state index contributed by atoms with van der Waals surface area (Å²) in [6.07, 6.45) is 1.82.